The number of rotatable bonds is 46. The summed E-state index contributed by atoms with van der Waals surface area (Å²) in [5.41, 5.74) is 0. The van der Waals surface area contributed by atoms with Crippen molar-refractivity contribution in [2.24, 2.45) is 5.92 Å². The number of hydrogen-bond donors (Lipinski definition) is 0. The predicted molar refractivity (Wildman–Crippen MR) is 243 cm³/mol. The molecule has 0 unspecified atom stereocenters. The second-order valence-corrected chi connectivity index (χ2v) is 17.9. The van der Waals surface area contributed by atoms with E-state index in [0.29, 0.717) is 19.3 Å². The fraction of sp³-hybridized carbons (Fsp3) is 0.941. The molecule has 0 amide bonds. The van der Waals surface area contributed by atoms with Crippen LogP contribution in [0.5, 0.6) is 0 Å². The van der Waals surface area contributed by atoms with Crippen LogP contribution in [0.25, 0.3) is 0 Å². The summed E-state index contributed by atoms with van der Waals surface area (Å²) in [6, 6.07) is 0. The summed E-state index contributed by atoms with van der Waals surface area (Å²) in [6.07, 6.45) is 46.7. The van der Waals surface area contributed by atoms with Crippen LogP contribution in [0.1, 0.15) is 285 Å². The van der Waals surface area contributed by atoms with Crippen LogP contribution < -0.4 is 0 Å². The van der Waals surface area contributed by atoms with E-state index in [4.69, 9.17) is 14.2 Å². The average molecular weight is 807 g/mol. The Morgan fingerprint density at radius 3 is 0.860 bits per heavy atom. The third kappa shape index (κ3) is 45.3. The van der Waals surface area contributed by atoms with Crippen LogP contribution in [0.15, 0.2) is 0 Å². The molecule has 0 saturated heterocycles. The normalized spacial score (nSPS) is 11.9. The first-order valence-corrected chi connectivity index (χ1v) is 25.4. The van der Waals surface area contributed by atoms with Gasteiger partial charge in [-0.1, -0.05) is 246 Å². The summed E-state index contributed by atoms with van der Waals surface area (Å²) in [5.74, 6) is -0.00770. The zero-order chi connectivity index (χ0) is 41.7. The molecule has 0 aliphatic carbocycles. The van der Waals surface area contributed by atoms with Gasteiger partial charge in [-0.05, 0) is 25.2 Å². The molecule has 0 bridgehead atoms. The first kappa shape index (κ1) is 55.4. The minimum absolute atomic E-state index is 0.0634. The molecule has 0 aliphatic rings. The Morgan fingerprint density at radius 1 is 0.333 bits per heavy atom. The van der Waals surface area contributed by atoms with Crippen molar-refractivity contribution in [3.05, 3.63) is 0 Å². The molecule has 0 saturated carbocycles. The molecule has 6 nitrogen and oxygen atoms in total. The van der Waals surface area contributed by atoms with Crippen LogP contribution in [0, 0.1) is 5.92 Å². The van der Waals surface area contributed by atoms with E-state index in [9.17, 15) is 14.4 Å². The van der Waals surface area contributed by atoms with Gasteiger partial charge in [0.15, 0.2) is 6.10 Å². The molecular formula is C51H98O6. The van der Waals surface area contributed by atoms with Crippen molar-refractivity contribution in [2.75, 3.05) is 13.2 Å². The Labute approximate surface area is 355 Å². The molecule has 0 aliphatic heterocycles. The van der Waals surface area contributed by atoms with Crippen molar-refractivity contribution < 1.29 is 28.6 Å². The quantitative estimate of drug-likeness (QED) is 0.0346. The van der Waals surface area contributed by atoms with Gasteiger partial charge in [0.2, 0.25) is 0 Å². The molecule has 0 rings (SSSR count). The van der Waals surface area contributed by atoms with E-state index in [0.717, 1.165) is 63.7 Å². The maximum absolute atomic E-state index is 12.6. The number of carbonyl (C=O) groups is 3. The molecule has 0 radical (unpaired) electrons. The second-order valence-electron chi connectivity index (χ2n) is 17.9. The molecule has 0 spiro atoms. The van der Waals surface area contributed by atoms with Crippen LogP contribution in [0.2, 0.25) is 0 Å². The smallest absolute Gasteiger partial charge is 0.306 e. The highest BCUT2D eigenvalue weighted by molar-refractivity contribution is 5.71. The van der Waals surface area contributed by atoms with Gasteiger partial charge in [-0.15, -0.1) is 0 Å². The van der Waals surface area contributed by atoms with Crippen molar-refractivity contribution in [1.82, 2.24) is 0 Å². The molecule has 0 aromatic carbocycles. The lowest BCUT2D eigenvalue weighted by molar-refractivity contribution is -0.167. The van der Waals surface area contributed by atoms with E-state index in [2.05, 4.69) is 27.7 Å². The first-order valence-electron chi connectivity index (χ1n) is 25.4. The van der Waals surface area contributed by atoms with E-state index in [1.807, 2.05) is 0 Å². The first-order chi connectivity index (χ1) is 27.9. The van der Waals surface area contributed by atoms with Crippen LogP contribution in [0.4, 0.5) is 0 Å². The predicted octanol–water partition coefficient (Wildman–Crippen LogP) is 16.3. The Morgan fingerprint density at radius 2 is 0.579 bits per heavy atom. The number of ether oxygens (including phenoxy) is 3. The summed E-state index contributed by atoms with van der Waals surface area (Å²) in [6.45, 7) is 8.99. The molecule has 0 heterocycles. The van der Waals surface area contributed by atoms with E-state index < -0.39 is 6.10 Å². The molecule has 338 valence electrons. The number of unbranched alkanes of at least 4 members (excludes halogenated alkanes) is 33. The van der Waals surface area contributed by atoms with Crippen molar-refractivity contribution in [2.45, 2.75) is 291 Å². The van der Waals surface area contributed by atoms with Gasteiger partial charge < -0.3 is 14.2 Å². The number of carbonyl (C=O) groups excluding carboxylic acids is 3. The Kier molecular flexibility index (Phi) is 44.2. The number of hydrogen-bond acceptors (Lipinski definition) is 6. The molecule has 0 aromatic rings. The van der Waals surface area contributed by atoms with Gasteiger partial charge in [-0.2, -0.15) is 0 Å². The Hall–Kier alpha value is -1.59. The maximum Gasteiger partial charge on any atom is 0.306 e. The summed E-state index contributed by atoms with van der Waals surface area (Å²) in [4.78, 5) is 37.7. The maximum atomic E-state index is 12.6. The summed E-state index contributed by atoms with van der Waals surface area (Å²) in [7, 11) is 0. The van der Waals surface area contributed by atoms with Gasteiger partial charge in [0.25, 0.3) is 0 Å². The highest BCUT2D eigenvalue weighted by atomic mass is 16.6. The monoisotopic (exact) mass is 807 g/mol. The minimum atomic E-state index is -0.759. The zero-order valence-corrected chi connectivity index (χ0v) is 38.8. The second kappa shape index (κ2) is 45.5. The fourth-order valence-corrected chi connectivity index (χ4v) is 7.69. The lowest BCUT2D eigenvalue weighted by atomic mass is 10.0. The molecule has 0 aromatic heterocycles. The van der Waals surface area contributed by atoms with E-state index in [-0.39, 0.29) is 31.1 Å². The molecule has 1 atom stereocenters. The summed E-state index contributed by atoms with van der Waals surface area (Å²) in [5, 5.41) is 0. The molecule has 6 heteroatoms. The third-order valence-electron chi connectivity index (χ3n) is 11.5. The average Bonchev–Trinajstić information content (AvgIpc) is 3.19. The fourth-order valence-electron chi connectivity index (χ4n) is 7.69. The van der Waals surface area contributed by atoms with Gasteiger partial charge in [0.1, 0.15) is 13.2 Å². The minimum Gasteiger partial charge on any atom is -0.462 e. The van der Waals surface area contributed by atoms with Crippen molar-refractivity contribution >= 4 is 17.9 Å². The zero-order valence-electron chi connectivity index (χ0n) is 38.8. The topological polar surface area (TPSA) is 78.9 Å². The lowest BCUT2D eigenvalue weighted by Gasteiger charge is -2.18. The van der Waals surface area contributed by atoms with Gasteiger partial charge in [-0.25, -0.2) is 0 Å². The third-order valence-corrected chi connectivity index (χ3v) is 11.5. The SMILES string of the molecule is CCCCCCCCCCCCCCCCCC(=O)OC[C@@H](COC(=O)CCCCCCCCCCCCCCCCC(C)C)OC(=O)CCCCCCCCC. The molecular weight excluding hydrogens is 709 g/mol. The van der Waals surface area contributed by atoms with Crippen LogP contribution in [0.3, 0.4) is 0 Å². The van der Waals surface area contributed by atoms with Crippen molar-refractivity contribution in [3.8, 4) is 0 Å². The van der Waals surface area contributed by atoms with E-state index in [1.165, 1.54) is 180 Å². The van der Waals surface area contributed by atoms with Gasteiger partial charge in [0.05, 0.1) is 0 Å². The van der Waals surface area contributed by atoms with E-state index in [1.54, 1.807) is 0 Å². The molecule has 0 N–H and O–H groups in total. The van der Waals surface area contributed by atoms with E-state index >= 15 is 0 Å². The molecule has 57 heavy (non-hydrogen) atoms. The standard InChI is InChI=1S/C51H98O6/c1-5-7-9-11-13-14-15-16-17-21-24-27-31-34-38-42-49(52)55-45-48(57-51(54)44-40-36-29-12-10-8-6-2)46-56-50(53)43-39-35-32-28-25-22-19-18-20-23-26-30-33-37-41-47(3)4/h47-48H,5-46H2,1-4H3/t48-/m0/s1. The highest BCUT2D eigenvalue weighted by Gasteiger charge is 2.19. The van der Waals surface area contributed by atoms with Crippen molar-refractivity contribution in [1.29, 1.82) is 0 Å². The highest BCUT2D eigenvalue weighted by Crippen LogP contribution is 2.17. The van der Waals surface area contributed by atoms with Crippen LogP contribution in [-0.2, 0) is 28.6 Å². The molecule has 0 fully saturated rings. The van der Waals surface area contributed by atoms with Crippen LogP contribution in [-0.4, -0.2) is 37.2 Å². The van der Waals surface area contributed by atoms with Crippen molar-refractivity contribution in [3.63, 3.8) is 0 Å². The summed E-state index contributed by atoms with van der Waals surface area (Å²) < 4.78 is 16.7. The lowest BCUT2D eigenvalue weighted by Crippen LogP contribution is -2.30. The van der Waals surface area contributed by atoms with Gasteiger partial charge in [-0.3, -0.25) is 14.4 Å². The van der Waals surface area contributed by atoms with Crippen LogP contribution >= 0.6 is 0 Å². The largest absolute Gasteiger partial charge is 0.462 e. The number of esters is 3. The summed E-state index contributed by atoms with van der Waals surface area (Å²) >= 11 is 0. The van der Waals surface area contributed by atoms with Gasteiger partial charge in [0, 0.05) is 19.3 Å². The Bertz CT molecular complexity index is 857. The van der Waals surface area contributed by atoms with Gasteiger partial charge >= 0.3 is 17.9 Å². The Balaban J connectivity index is 4.16.